The molecule has 0 aliphatic rings. The summed E-state index contributed by atoms with van der Waals surface area (Å²) >= 11 is 0. The van der Waals surface area contributed by atoms with Gasteiger partial charge < -0.3 is 10.1 Å². The fraction of sp³-hybridized carbons (Fsp3) is 0.125. The SMILES string of the molecule is COc1nc2ccccc2nc1C(=O)NCc1ccccn1. The molecule has 1 amide bonds. The average Bonchev–Trinajstić information content (AvgIpc) is 2.59. The molecule has 2 aromatic heterocycles. The molecule has 0 spiro atoms. The van der Waals surface area contributed by atoms with Crippen molar-refractivity contribution in [3.63, 3.8) is 0 Å². The van der Waals surface area contributed by atoms with Crippen LogP contribution in [0.1, 0.15) is 16.2 Å². The number of amides is 1. The Labute approximate surface area is 127 Å². The highest BCUT2D eigenvalue weighted by Crippen LogP contribution is 2.18. The van der Waals surface area contributed by atoms with Crippen molar-refractivity contribution in [3.8, 4) is 5.88 Å². The molecule has 0 saturated carbocycles. The van der Waals surface area contributed by atoms with Crippen LogP contribution in [0.15, 0.2) is 48.7 Å². The first kappa shape index (κ1) is 13.9. The van der Waals surface area contributed by atoms with E-state index in [1.807, 2.05) is 36.4 Å². The molecular weight excluding hydrogens is 280 g/mol. The number of methoxy groups -OCH3 is 1. The third-order valence-corrected chi connectivity index (χ3v) is 3.10. The van der Waals surface area contributed by atoms with E-state index in [-0.39, 0.29) is 17.5 Å². The molecule has 0 radical (unpaired) electrons. The molecule has 1 aromatic carbocycles. The van der Waals surface area contributed by atoms with Gasteiger partial charge in [0.05, 0.1) is 30.4 Å². The van der Waals surface area contributed by atoms with Crippen LogP contribution in [0, 0.1) is 0 Å². The van der Waals surface area contributed by atoms with E-state index < -0.39 is 0 Å². The molecule has 6 nitrogen and oxygen atoms in total. The predicted octanol–water partition coefficient (Wildman–Crippen LogP) is 1.96. The van der Waals surface area contributed by atoms with Gasteiger partial charge in [-0.25, -0.2) is 9.97 Å². The van der Waals surface area contributed by atoms with Gasteiger partial charge in [-0.1, -0.05) is 18.2 Å². The highest BCUT2D eigenvalue weighted by Gasteiger charge is 2.17. The standard InChI is InChI=1S/C16H14N4O2/c1-22-16-14(19-12-7-2-3-8-13(12)20-16)15(21)18-10-11-6-4-5-9-17-11/h2-9H,10H2,1H3,(H,18,21). The first-order chi connectivity index (χ1) is 10.8. The van der Waals surface area contributed by atoms with Crippen molar-refractivity contribution in [2.75, 3.05) is 7.11 Å². The fourth-order valence-corrected chi connectivity index (χ4v) is 2.03. The number of carbonyl (C=O) groups is 1. The fourth-order valence-electron chi connectivity index (χ4n) is 2.03. The van der Waals surface area contributed by atoms with Gasteiger partial charge in [-0.3, -0.25) is 9.78 Å². The molecule has 0 aliphatic carbocycles. The normalized spacial score (nSPS) is 10.4. The van der Waals surface area contributed by atoms with E-state index in [1.165, 1.54) is 7.11 Å². The molecule has 22 heavy (non-hydrogen) atoms. The highest BCUT2D eigenvalue weighted by molar-refractivity contribution is 5.96. The second-order valence-corrected chi connectivity index (χ2v) is 4.57. The second-order valence-electron chi connectivity index (χ2n) is 4.57. The van der Waals surface area contributed by atoms with Crippen LogP contribution >= 0.6 is 0 Å². The van der Waals surface area contributed by atoms with Crippen molar-refractivity contribution >= 4 is 16.9 Å². The molecule has 3 aromatic rings. The molecule has 0 saturated heterocycles. The summed E-state index contributed by atoms with van der Waals surface area (Å²) in [6, 6.07) is 12.9. The van der Waals surface area contributed by atoms with Gasteiger partial charge in [-0.05, 0) is 24.3 Å². The van der Waals surface area contributed by atoms with E-state index in [2.05, 4.69) is 20.3 Å². The summed E-state index contributed by atoms with van der Waals surface area (Å²) in [6.45, 7) is 0.317. The van der Waals surface area contributed by atoms with Crippen molar-refractivity contribution in [2.24, 2.45) is 0 Å². The zero-order valence-electron chi connectivity index (χ0n) is 12.0. The largest absolute Gasteiger partial charge is 0.479 e. The summed E-state index contributed by atoms with van der Waals surface area (Å²) in [5, 5.41) is 2.77. The lowest BCUT2D eigenvalue weighted by molar-refractivity contribution is 0.0941. The number of aromatic nitrogens is 3. The first-order valence-corrected chi connectivity index (χ1v) is 6.77. The number of fused-ring (bicyclic) bond motifs is 1. The highest BCUT2D eigenvalue weighted by atomic mass is 16.5. The van der Waals surface area contributed by atoms with Gasteiger partial charge in [0.1, 0.15) is 0 Å². The van der Waals surface area contributed by atoms with Gasteiger partial charge in [-0.15, -0.1) is 0 Å². The van der Waals surface area contributed by atoms with Crippen molar-refractivity contribution in [3.05, 3.63) is 60.0 Å². The molecule has 0 bridgehead atoms. The van der Waals surface area contributed by atoms with Crippen LogP contribution in [0.2, 0.25) is 0 Å². The zero-order chi connectivity index (χ0) is 15.4. The third kappa shape index (κ3) is 2.85. The topological polar surface area (TPSA) is 77.0 Å². The molecule has 1 N–H and O–H groups in total. The Morgan fingerprint density at radius 2 is 1.82 bits per heavy atom. The van der Waals surface area contributed by atoms with Crippen LogP contribution in [-0.4, -0.2) is 28.0 Å². The van der Waals surface area contributed by atoms with Gasteiger partial charge in [0.25, 0.3) is 5.91 Å². The van der Waals surface area contributed by atoms with E-state index in [0.717, 1.165) is 5.69 Å². The minimum absolute atomic E-state index is 0.164. The maximum absolute atomic E-state index is 12.3. The van der Waals surface area contributed by atoms with Gasteiger partial charge >= 0.3 is 0 Å². The third-order valence-electron chi connectivity index (χ3n) is 3.10. The Morgan fingerprint density at radius 3 is 2.50 bits per heavy atom. The minimum Gasteiger partial charge on any atom is -0.479 e. The molecule has 0 unspecified atom stereocenters. The number of hydrogen-bond donors (Lipinski definition) is 1. The Morgan fingerprint density at radius 1 is 1.09 bits per heavy atom. The van der Waals surface area contributed by atoms with E-state index in [4.69, 9.17) is 4.74 Å². The Kier molecular flexibility index (Phi) is 3.91. The number of hydrogen-bond acceptors (Lipinski definition) is 5. The van der Waals surface area contributed by atoms with Gasteiger partial charge in [0.15, 0.2) is 5.69 Å². The number of nitrogens with one attached hydrogen (secondary N) is 1. The number of nitrogens with zero attached hydrogens (tertiary/aromatic N) is 3. The molecule has 0 atom stereocenters. The molecule has 0 fully saturated rings. The van der Waals surface area contributed by atoms with Crippen LogP contribution < -0.4 is 10.1 Å². The summed E-state index contributed by atoms with van der Waals surface area (Å²) in [7, 11) is 1.47. The maximum Gasteiger partial charge on any atom is 0.275 e. The van der Waals surface area contributed by atoms with Crippen LogP contribution in [-0.2, 0) is 6.54 Å². The smallest absolute Gasteiger partial charge is 0.275 e. The predicted molar refractivity (Wildman–Crippen MR) is 81.5 cm³/mol. The van der Waals surface area contributed by atoms with Gasteiger partial charge in [0, 0.05) is 6.20 Å². The number of pyridine rings is 1. The average molecular weight is 294 g/mol. The summed E-state index contributed by atoms with van der Waals surface area (Å²) < 4.78 is 5.18. The summed E-state index contributed by atoms with van der Waals surface area (Å²) in [4.78, 5) is 25.1. The summed E-state index contributed by atoms with van der Waals surface area (Å²) in [6.07, 6.45) is 1.68. The summed E-state index contributed by atoms with van der Waals surface area (Å²) in [5.41, 5.74) is 2.26. The Bertz CT molecular complexity index is 806. The van der Waals surface area contributed by atoms with Crippen molar-refractivity contribution in [1.29, 1.82) is 0 Å². The lowest BCUT2D eigenvalue weighted by Gasteiger charge is -2.09. The van der Waals surface area contributed by atoms with Crippen LogP contribution in [0.4, 0.5) is 0 Å². The zero-order valence-corrected chi connectivity index (χ0v) is 12.0. The number of carbonyl (C=O) groups excluding carboxylic acids is 1. The molecule has 2 heterocycles. The number of para-hydroxylation sites is 2. The monoisotopic (exact) mass is 294 g/mol. The quantitative estimate of drug-likeness (QED) is 0.796. The lowest BCUT2D eigenvalue weighted by atomic mass is 10.2. The van der Waals surface area contributed by atoms with Crippen LogP contribution in [0.25, 0.3) is 11.0 Å². The minimum atomic E-state index is -0.347. The number of ether oxygens (including phenoxy) is 1. The molecule has 3 rings (SSSR count). The molecule has 110 valence electrons. The van der Waals surface area contributed by atoms with Crippen LogP contribution in [0.5, 0.6) is 5.88 Å². The number of benzene rings is 1. The maximum atomic E-state index is 12.3. The van der Waals surface area contributed by atoms with Crippen molar-refractivity contribution < 1.29 is 9.53 Å². The van der Waals surface area contributed by atoms with Gasteiger partial charge in [0.2, 0.25) is 5.88 Å². The Hall–Kier alpha value is -3.02. The van der Waals surface area contributed by atoms with Crippen molar-refractivity contribution in [2.45, 2.75) is 6.54 Å². The first-order valence-electron chi connectivity index (χ1n) is 6.77. The van der Waals surface area contributed by atoms with E-state index >= 15 is 0 Å². The van der Waals surface area contributed by atoms with Gasteiger partial charge in [-0.2, -0.15) is 0 Å². The summed E-state index contributed by atoms with van der Waals surface area (Å²) in [5.74, 6) is -0.141. The van der Waals surface area contributed by atoms with E-state index in [1.54, 1.807) is 12.3 Å². The molecular formula is C16H14N4O2. The number of rotatable bonds is 4. The Balaban J connectivity index is 1.86. The van der Waals surface area contributed by atoms with E-state index in [9.17, 15) is 4.79 Å². The van der Waals surface area contributed by atoms with E-state index in [0.29, 0.717) is 17.6 Å². The van der Waals surface area contributed by atoms with Crippen molar-refractivity contribution in [1.82, 2.24) is 20.3 Å². The van der Waals surface area contributed by atoms with Crippen LogP contribution in [0.3, 0.4) is 0 Å². The molecule has 6 heteroatoms. The second kappa shape index (κ2) is 6.17. The molecule has 0 aliphatic heterocycles. The lowest BCUT2D eigenvalue weighted by Crippen LogP contribution is -2.25.